The van der Waals surface area contributed by atoms with Crippen molar-refractivity contribution in [2.75, 3.05) is 0 Å². The van der Waals surface area contributed by atoms with Crippen molar-refractivity contribution in [2.24, 2.45) is 0 Å². The quantitative estimate of drug-likeness (QED) is 0.151. The van der Waals surface area contributed by atoms with E-state index in [9.17, 15) is 0 Å². The van der Waals surface area contributed by atoms with Crippen molar-refractivity contribution in [3.63, 3.8) is 0 Å². The van der Waals surface area contributed by atoms with Crippen molar-refractivity contribution in [3.8, 4) is 44.5 Å². The van der Waals surface area contributed by atoms with Crippen molar-refractivity contribution in [2.45, 2.75) is 119 Å². The van der Waals surface area contributed by atoms with Crippen LogP contribution in [0.4, 0.5) is 0 Å². The lowest BCUT2D eigenvalue weighted by Gasteiger charge is -2.34. The van der Waals surface area contributed by atoms with Crippen LogP contribution in [-0.4, -0.2) is 0 Å². The molecule has 0 saturated heterocycles. The summed E-state index contributed by atoms with van der Waals surface area (Å²) in [5.41, 5.74) is 28.4. The van der Waals surface area contributed by atoms with Gasteiger partial charge in [0.05, 0.1) is 5.41 Å². The zero-order valence-corrected chi connectivity index (χ0v) is 45.4. The molecule has 0 unspecified atom stereocenters. The van der Waals surface area contributed by atoms with Crippen LogP contribution in [-0.2, 0) is 35.7 Å². The van der Waals surface area contributed by atoms with Gasteiger partial charge >= 0.3 is 0 Å². The van der Waals surface area contributed by atoms with Crippen LogP contribution in [0.2, 0.25) is 0 Å². The van der Waals surface area contributed by atoms with E-state index < -0.39 is 14.1 Å². The first kappa shape index (κ1) is 44.9. The van der Waals surface area contributed by atoms with Crippen LogP contribution in [0.5, 0.6) is 0 Å². The molecule has 0 N–H and O–H groups in total. The molecule has 0 fully saturated rings. The number of hydrogen-bond acceptors (Lipinski definition) is 0. The maximum Gasteiger partial charge on any atom is 0.102 e. The van der Waals surface area contributed by atoms with Gasteiger partial charge in [-0.05, 0) is 144 Å². The first-order valence-corrected chi connectivity index (χ1v) is 26.5. The monoisotopic (exact) mass is 1020 g/mol. The fraction of sp³-hybridized carbons (Fsp3) is 0.284. The van der Waals surface area contributed by atoms with Crippen LogP contribution in [0, 0.1) is 0 Å². The summed E-state index contributed by atoms with van der Waals surface area (Å²) in [6, 6.07) is 62.4. The summed E-state index contributed by atoms with van der Waals surface area (Å²) in [6.07, 6.45) is 0. The summed E-state index contributed by atoms with van der Waals surface area (Å²) in [5.74, 6) is 0. The van der Waals surface area contributed by atoms with Crippen LogP contribution in [0.15, 0.2) is 158 Å². The molecule has 0 bridgehead atoms. The minimum atomic E-state index is -0.583. The molecule has 0 nitrogen and oxygen atoms in total. The lowest BCUT2D eigenvalue weighted by atomic mass is 9.69. The lowest BCUT2D eigenvalue weighted by molar-refractivity contribution is 0.588. The SMILES string of the molecule is CC(C)(C)c1ccc2c(c1)C(Br)(c1ccc3c(c1)C1(c4ccccc4-c4ccccc41)c1cc(C4(Br)c5cc(C(C)(C)C)ccc5-c5ccc(C(C)(C)C)cc54)ccc1-3)c1cc(C(C)(C)C)ccc1-2. The highest BCUT2D eigenvalue weighted by Gasteiger charge is 2.54. The number of rotatable bonds is 2. The van der Waals surface area contributed by atoms with E-state index in [2.05, 4.69) is 273 Å². The Bertz CT molecular complexity index is 3150. The second-order valence-electron chi connectivity index (χ2n) is 24.7. The molecule has 8 aromatic carbocycles. The van der Waals surface area contributed by atoms with E-state index in [1.165, 1.54) is 122 Å². The average Bonchev–Trinajstić information content (AvgIpc) is 3.96. The van der Waals surface area contributed by atoms with Gasteiger partial charge in [0, 0.05) is 0 Å². The van der Waals surface area contributed by atoms with Crippen molar-refractivity contribution >= 4 is 31.9 Å². The molecule has 4 aliphatic carbocycles. The Morgan fingerprint density at radius 3 is 0.797 bits per heavy atom. The Hall–Kier alpha value is -5.28. The molecule has 4 aliphatic rings. The number of halogens is 2. The van der Waals surface area contributed by atoms with Crippen LogP contribution in [0.3, 0.4) is 0 Å². The zero-order valence-electron chi connectivity index (χ0n) is 42.3. The van der Waals surface area contributed by atoms with E-state index in [4.69, 9.17) is 0 Å². The number of alkyl halides is 2. The van der Waals surface area contributed by atoms with Crippen molar-refractivity contribution < 1.29 is 0 Å². The minimum Gasteiger partial charge on any atom is -0.0695 e. The van der Waals surface area contributed by atoms with Crippen LogP contribution >= 0.6 is 31.9 Å². The Kier molecular flexibility index (Phi) is 9.38. The third kappa shape index (κ3) is 6.10. The number of hydrogen-bond donors (Lipinski definition) is 0. The van der Waals surface area contributed by atoms with Crippen molar-refractivity contribution in [1.29, 1.82) is 0 Å². The van der Waals surface area contributed by atoms with E-state index in [0.717, 1.165) is 0 Å². The van der Waals surface area contributed by atoms with Gasteiger partial charge in [-0.3, -0.25) is 0 Å². The van der Waals surface area contributed by atoms with Gasteiger partial charge in [-0.15, -0.1) is 0 Å². The molecule has 0 aromatic heterocycles. The van der Waals surface area contributed by atoms with E-state index in [-0.39, 0.29) is 21.7 Å². The summed E-state index contributed by atoms with van der Waals surface area (Å²) in [5, 5.41) is 0. The highest BCUT2D eigenvalue weighted by atomic mass is 79.9. The lowest BCUT2D eigenvalue weighted by Crippen LogP contribution is -2.28. The fourth-order valence-corrected chi connectivity index (χ4v) is 14.4. The Morgan fingerprint density at radius 1 is 0.261 bits per heavy atom. The molecule has 344 valence electrons. The molecule has 1 spiro atoms. The predicted molar refractivity (Wildman–Crippen MR) is 299 cm³/mol. The van der Waals surface area contributed by atoms with Gasteiger partial charge in [0.25, 0.3) is 0 Å². The van der Waals surface area contributed by atoms with Gasteiger partial charge in [0.15, 0.2) is 0 Å². The Balaban J connectivity index is 1.15. The standard InChI is InChI=1S/C67H62Br2/c1-61(2,3)39-21-27-49-50-28-22-40(62(4,5)6)34-58(50)66(68,57(49)33-39)43-25-31-47-48-32-26-44(38-56(48)65(55(47)37-43)53-19-15-13-17-45(53)46-18-14-16-20-54(46)65)67(69)59-35-41(63(7,8)9)23-29-51(59)52-30-24-42(36-60(52)67)64(10,11)12/h13-38H,1-12H3. The average molecular weight is 1030 g/mol. The summed E-state index contributed by atoms with van der Waals surface area (Å²) in [6.45, 7) is 28.0. The molecule has 12 rings (SSSR count). The molecule has 0 aliphatic heterocycles. The second kappa shape index (κ2) is 14.4. The van der Waals surface area contributed by atoms with Gasteiger partial charge in [-0.2, -0.15) is 0 Å². The number of fused-ring (bicyclic) bond motifs is 16. The first-order chi connectivity index (χ1) is 32.5. The van der Waals surface area contributed by atoms with E-state index in [0.29, 0.717) is 0 Å². The maximum atomic E-state index is 4.68. The molecular formula is C67H62Br2. The van der Waals surface area contributed by atoms with Gasteiger partial charge in [-0.1, -0.05) is 273 Å². The molecule has 69 heavy (non-hydrogen) atoms. The highest BCUT2D eigenvalue weighted by Crippen LogP contribution is 2.66. The summed E-state index contributed by atoms with van der Waals surface area (Å²) in [4.78, 5) is 0. The van der Waals surface area contributed by atoms with Gasteiger partial charge in [-0.25, -0.2) is 0 Å². The van der Waals surface area contributed by atoms with E-state index >= 15 is 0 Å². The third-order valence-electron chi connectivity index (χ3n) is 16.5. The van der Waals surface area contributed by atoms with E-state index in [1.54, 1.807) is 0 Å². The predicted octanol–water partition coefficient (Wildman–Crippen LogP) is 18.6. The van der Waals surface area contributed by atoms with Crippen LogP contribution in [0.1, 0.15) is 161 Å². The molecule has 0 radical (unpaired) electrons. The molecule has 0 amide bonds. The van der Waals surface area contributed by atoms with Gasteiger partial charge in [0.2, 0.25) is 0 Å². The summed E-state index contributed by atoms with van der Waals surface area (Å²) in [7, 11) is 0. The Morgan fingerprint density at radius 2 is 0.507 bits per heavy atom. The van der Waals surface area contributed by atoms with E-state index in [1.807, 2.05) is 0 Å². The highest BCUT2D eigenvalue weighted by molar-refractivity contribution is 9.10. The number of benzene rings is 8. The molecule has 2 heteroatoms. The molecular weight excluding hydrogens is 965 g/mol. The fourth-order valence-electron chi connectivity index (χ4n) is 12.6. The van der Waals surface area contributed by atoms with Crippen LogP contribution in [0.25, 0.3) is 44.5 Å². The minimum absolute atomic E-state index is 0.0113. The van der Waals surface area contributed by atoms with Crippen molar-refractivity contribution in [1.82, 2.24) is 0 Å². The topological polar surface area (TPSA) is 0 Å². The first-order valence-electron chi connectivity index (χ1n) is 25.0. The largest absolute Gasteiger partial charge is 0.102 e. The van der Waals surface area contributed by atoms with Crippen LogP contribution < -0.4 is 0 Å². The molecule has 0 saturated carbocycles. The summed E-state index contributed by atoms with van der Waals surface area (Å²) < 4.78 is -1.17. The molecule has 8 aromatic rings. The molecule has 0 atom stereocenters. The smallest absolute Gasteiger partial charge is 0.0695 e. The molecule has 0 heterocycles. The van der Waals surface area contributed by atoms with Gasteiger partial charge in [0.1, 0.15) is 8.65 Å². The third-order valence-corrected chi connectivity index (χ3v) is 19.1. The maximum absolute atomic E-state index is 4.68. The normalized spacial score (nSPS) is 16.3. The second-order valence-corrected chi connectivity index (χ2v) is 27.1. The zero-order chi connectivity index (χ0) is 48.6. The summed E-state index contributed by atoms with van der Waals surface area (Å²) >= 11 is 9.37. The van der Waals surface area contributed by atoms with Crippen molar-refractivity contribution in [3.05, 3.63) is 236 Å². The van der Waals surface area contributed by atoms with Gasteiger partial charge < -0.3 is 0 Å². The Labute approximate surface area is 427 Å².